The van der Waals surface area contributed by atoms with Crippen LogP contribution in [0.2, 0.25) is 0 Å². The van der Waals surface area contributed by atoms with Gasteiger partial charge in [-0.25, -0.2) is 4.79 Å². The van der Waals surface area contributed by atoms with Gasteiger partial charge in [0.25, 0.3) is 11.7 Å². The van der Waals surface area contributed by atoms with Gasteiger partial charge in [0.1, 0.15) is 5.57 Å². The van der Waals surface area contributed by atoms with Crippen LogP contribution in [0.25, 0.3) is 5.70 Å². The molecule has 0 bridgehead atoms. The molecule has 3 rings (SSSR count). The van der Waals surface area contributed by atoms with E-state index in [1.165, 1.54) is 4.90 Å². The molecule has 0 N–H and O–H groups in total. The number of amides is 1. The minimum absolute atomic E-state index is 0.121. The molecule has 1 aliphatic heterocycles. The van der Waals surface area contributed by atoms with E-state index in [0.29, 0.717) is 5.56 Å². The molecule has 2 aromatic carbocycles. The number of nitrogens with zero attached hydrogens (tertiary/aromatic N) is 1. The van der Waals surface area contributed by atoms with Crippen LogP contribution in [0.15, 0.2) is 64.6 Å². The lowest BCUT2D eigenvalue weighted by Crippen LogP contribution is -2.28. The number of carbonyl (C=O) groups is 3. The van der Waals surface area contributed by atoms with Crippen molar-refractivity contribution in [1.82, 2.24) is 4.90 Å². The number of ether oxygens (including phenoxy) is 1. The summed E-state index contributed by atoms with van der Waals surface area (Å²) in [5.74, 6) is -2.34. The molecule has 0 saturated heterocycles. The molecule has 0 atom stereocenters. The summed E-state index contributed by atoms with van der Waals surface area (Å²) >= 11 is 3.36. The number of halogens is 1. The fourth-order valence-electron chi connectivity index (χ4n) is 2.79. The Bertz CT molecular complexity index is 888. The van der Waals surface area contributed by atoms with Crippen LogP contribution in [0, 0.1) is 0 Å². The van der Waals surface area contributed by atoms with Crippen molar-refractivity contribution < 1.29 is 19.1 Å². The molecule has 132 valence electrons. The van der Waals surface area contributed by atoms with E-state index >= 15 is 0 Å². The summed E-state index contributed by atoms with van der Waals surface area (Å²) in [5.41, 5.74) is 1.53. The Kier molecular flexibility index (Phi) is 5.32. The van der Waals surface area contributed by atoms with Gasteiger partial charge in [-0.1, -0.05) is 58.4 Å². The minimum Gasteiger partial charge on any atom is -0.462 e. The van der Waals surface area contributed by atoms with Crippen LogP contribution >= 0.6 is 15.9 Å². The van der Waals surface area contributed by atoms with E-state index in [1.807, 2.05) is 30.3 Å². The average Bonchev–Trinajstić information content (AvgIpc) is 2.88. The first-order chi connectivity index (χ1) is 12.5. The zero-order chi connectivity index (χ0) is 18.7. The van der Waals surface area contributed by atoms with E-state index in [4.69, 9.17) is 4.74 Å². The van der Waals surface area contributed by atoms with E-state index < -0.39 is 17.7 Å². The lowest BCUT2D eigenvalue weighted by atomic mass is 10.1. The van der Waals surface area contributed by atoms with Gasteiger partial charge in [0.2, 0.25) is 0 Å². The molecule has 0 unspecified atom stereocenters. The molecule has 5 nitrogen and oxygen atoms in total. The topological polar surface area (TPSA) is 63.7 Å². The van der Waals surface area contributed by atoms with Crippen LogP contribution in [0.3, 0.4) is 0 Å². The van der Waals surface area contributed by atoms with Crippen molar-refractivity contribution in [1.29, 1.82) is 0 Å². The molecule has 1 heterocycles. The second kappa shape index (κ2) is 7.66. The van der Waals surface area contributed by atoms with E-state index in [-0.39, 0.29) is 24.4 Å². The second-order valence-corrected chi connectivity index (χ2v) is 6.57. The molecule has 1 amide bonds. The van der Waals surface area contributed by atoms with Crippen molar-refractivity contribution in [3.8, 4) is 0 Å². The first-order valence-electron chi connectivity index (χ1n) is 8.10. The fourth-order valence-corrected chi connectivity index (χ4v) is 3.06. The number of carbonyl (C=O) groups excluding carboxylic acids is 3. The molecule has 0 aliphatic carbocycles. The quantitative estimate of drug-likeness (QED) is 0.428. The van der Waals surface area contributed by atoms with Crippen LogP contribution in [-0.4, -0.2) is 29.2 Å². The second-order valence-electron chi connectivity index (χ2n) is 5.66. The summed E-state index contributed by atoms with van der Waals surface area (Å²) in [7, 11) is 0. The number of esters is 1. The third-order valence-corrected chi connectivity index (χ3v) is 4.48. The summed E-state index contributed by atoms with van der Waals surface area (Å²) in [5, 5.41) is 0. The van der Waals surface area contributed by atoms with Gasteiger partial charge < -0.3 is 4.74 Å². The number of rotatable bonds is 5. The Balaban J connectivity index is 2.11. The highest BCUT2D eigenvalue weighted by molar-refractivity contribution is 9.10. The molecular weight excluding hydrogens is 398 g/mol. The molecule has 0 radical (unpaired) electrons. The predicted octanol–water partition coefficient (Wildman–Crippen LogP) is 3.33. The summed E-state index contributed by atoms with van der Waals surface area (Å²) < 4.78 is 5.86. The standard InChI is InChI=1S/C20H16BrNO4/c1-2-26-20(25)16-17(14-8-10-15(21)11-9-14)22(19(24)18(16)23)12-13-6-4-3-5-7-13/h3-11H,2,12H2,1H3. The summed E-state index contributed by atoms with van der Waals surface area (Å²) in [4.78, 5) is 38.8. The van der Waals surface area contributed by atoms with Crippen molar-refractivity contribution in [3.63, 3.8) is 0 Å². The molecule has 1 aliphatic rings. The summed E-state index contributed by atoms with van der Waals surface area (Å²) in [6.45, 7) is 1.97. The van der Waals surface area contributed by atoms with Crippen molar-refractivity contribution >= 4 is 39.3 Å². The highest BCUT2D eigenvalue weighted by Crippen LogP contribution is 2.33. The molecule has 2 aromatic rings. The van der Waals surface area contributed by atoms with Gasteiger partial charge in [0.15, 0.2) is 0 Å². The van der Waals surface area contributed by atoms with E-state index in [0.717, 1.165) is 10.0 Å². The van der Waals surface area contributed by atoms with Gasteiger partial charge in [-0.15, -0.1) is 0 Å². The maximum atomic E-state index is 12.6. The van der Waals surface area contributed by atoms with E-state index in [1.54, 1.807) is 31.2 Å². The Morgan fingerprint density at radius 2 is 1.69 bits per heavy atom. The largest absolute Gasteiger partial charge is 0.462 e. The van der Waals surface area contributed by atoms with Gasteiger partial charge >= 0.3 is 5.97 Å². The normalized spacial score (nSPS) is 14.2. The van der Waals surface area contributed by atoms with Gasteiger partial charge in [-0.3, -0.25) is 14.5 Å². The maximum Gasteiger partial charge on any atom is 0.344 e. The summed E-state index contributed by atoms with van der Waals surface area (Å²) in [6, 6.07) is 16.4. The Labute approximate surface area is 159 Å². The van der Waals surface area contributed by atoms with Gasteiger partial charge in [0, 0.05) is 4.47 Å². The van der Waals surface area contributed by atoms with Crippen LogP contribution in [-0.2, 0) is 25.7 Å². The lowest BCUT2D eigenvalue weighted by Gasteiger charge is -2.20. The lowest BCUT2D eigenvalue weighted by molar-refractivity contribution is -0.143. The number of hydrogen-bond donors (Lipinski definition) is 0. The third kappa shape index (κ3) is 3.46. The zero-order valence-electron chi connectivity index (χ0n) is 14.1. The molecule has 0 spiro atoms. The Hall–Kier alpha value is -2.73. The van der Waals surface area contributed by atoms with Gasteiger partial charge in [-0.2, -0.15) is 0 Å². The van der Waals surface area contributed by atoms with Crippen LogP contribution < -0.4 is 0 Å². The third-order valence-electron chi connectivity index (χ3n) is 3.95. The van der Waals surface area contributed by atoms with Crippen LogP contribution in [0.4, 0.5) is 0 Å². The Morgan fingerprint density at radius 3 is 2.31 bits per heavy atom. The van der Waals surface area contributed by atoms with Gasteiger partial charge in [0.05, 0.1) is 18.8 Å². The van der Waals surface area contributed by atoms with E-state index in [2.05, 4.69) is 15.9 Å². The van der Waals surface area contributed by atoms with Crippen molar-refractivity contribution in [2.75, 3.05) is 6.61 Å². The fraction of sp³-hybridized carbons (Fsp3) is 0.150. The van der Waals surface area contributed by atoms with Crippen molar-refractivity contribution in [2.45, 2.75) is 13.5 Å². The molecule has 26 heavy (non-hydrogen) atoms. The zero-order valence-corrected chi connectivity index (χ0v) is 15.7. The van der Waals surface area contributed by atoms with Crippen LogP contribution in [0.5, 0.6) is 0 Å². The predicted molar refractivity (Wildman–Crippen MR) is 99.7 cm³/mol. The molecule has 0 saturated carbocycles. The number of Topliss-reactive ketones (excluding diaryl/α,β-unsaturated/α-hetero) is 1. The first kappa shape index (κ1) is 18.1. The summed E-state index contributed by atoms with van der Waals surface area (Å²) in [6.07, 6.45) is 0. The average molecular weight is 414 g/mol. The van der Waals surface area contributed by atoms with Crippen molar-refractivity contribution in [2.24, 2.45) is 0 Å². The molecule has 0 aromatic heterocycles. The smallest absolute Gasteiger partial charge is 0.344 e. The molecular formula is C20H16BrNO4. The molecule has 0 fully saturated rings. The monoisotopic (exact) mass is 413 g/mol. The molecule has 6 heteroatoms. The first-order valence-corrected chi connectivity index (χ1v) is 8.89. The van der Waals surface area contributed by atoms with Crippen LogP contribution in [0.1, 0.15) is 18.1 Å². The Morgan fingerprint density at radius 1 is 1.04 bits per heavy atom. The minimum atomic E-state index is -0.836. The van der Waals surface area contributed by atoms with E-state index in [9.17, 15) is 14.4 Å². The maximum absolute atomic E-state index is 12.6. The number of benzene rings is 2. The highest BCUT2D eigenvalue weighted by Gasteiger charge is 2.43. The highest BCUT2D eigenvalue weighted by atomic mass is 79.9. The van der Waals surface area contributed by atoms with Crippen molar-refractivity contribution in [3.05, 3.63) is 75.8 Å². The number of hydrogen-bond acceptors (Lipinski definition) is 4. The number of ketones is 1. The van der Waals surface area contributed by atoms with Gasteiger partial charge in [-0.05, 0) is 30.2 Å². The SMILES string of the molecule is CCOC(=O)C1=C(c2ccc(Br)cc2)N(Cc2ccccc2)C(=O)C1=O.